The van der Waals surface area contributed by atoms with E-state index in [0.29, 0.717) is 19.8 Å². The number of aromatic nitrogens is 2. The number of hydrogen-bond donors (Lipinski definition) is 0. The van der Waals surface area contributed by atoms with E-state index in [1.165, 1.54) is 0 Å². The molecule has 2 aromatic rings. The number of fused-ring (bicyclic) bond motifs is 1. The van der Waals surface area contributed by atoms with Crippen LogP contribution in [-0.4, -0.2) is 29.2 Å². The fourth-order valence-electron chi connectivity index (χ4n) is 2.04. The number of nitrogens with zero attached hydrogens (tertiary/aromatic N) is 2. The van der Waals surface area contributed by atoms with Gasteiger partial charge >= 0.3 is 0 Å². The van der Waals surface area contributed by atoms with Crippen LogP contribution in [0.5, 0.6) is 0 Å². The van der Waals surface area contributed by atoms with E-state index >= 15 is 0 Å². The summed E-state index contributed by atoms with van der Waals surface area (Å²) in [6.07, 6.45) is 5.72. The lowest BCUT2D eigenvalue weighted by molar-refractivity contribution is -0.152. The number of rotatable bonds is 1. The molecule has 3 rings (SSSR count). The van der Waals surface area contributed by atoms with Crippen molar-refractivity contribution in [2.24, 2.45) is 0 Å². The Kier molecular flexibility index (Phi) is 2.19. The van der Waals surface area contributed by atoms with E-state index in [1.807, 2.05) is 16.8 Å². The van der Waals surface area contributed by atoms with Crippen LogP contribution >= 0.6 is 0 Å². The van der Waals surface area contributed by atoms with Crippen molar-refractivity contribution in [3.63, 3.8) is 0 Å². The summed E-state index contributed by atoms with van der Waals surface area (Å²) >= 11 is 0. The number of pyridine rings is 1. The van der Waals surface area contributed by atoms with E-state index < -0.39 is 0 Å². The Morgan fingerprint density at radius 1 is 1.38 bits per heavy atom. The van der Waals surface area contributed by atoms with Crippen LogP contribution in [0.25, 0.3) is 5.65 Å². The van der Waals surface area contributed by atoms with Gasteiger partial charge in [-0.05, 0) is 24.6 Å². The smallest absolute Gasteiger partial charge is 0.137 e. The van der Waals surface area contributed by atoms with Crippen molar-refractivity contribution in [2.75, 3.05) is 19.8 Å². The first kappa shape index (κ1) is 9.81. The maximum Gasteiger partial charge on any atom is 0.137 e. The Morgan fingerprint density at radius 3 is 3.12 bits per heavy atom. The van der Waals surface area contributed by atoms with Crippen LogP contribution in [0, 0.1) is 0 Å². The molecule has 0 N–H and O–H groups in total. The number of ether oxygens (including phenoxy) is 2. The van der Waals surface area contributed by atoms with Crippen molar-refractivity contribution in [1.29, 1.82) is 0 Å². The van der Waals surface area contributed by atoms with Gasteiger partial charge in [-0.2, -0.15) is 0 Å². The normalized spacial score (nSPS) is 26.1. The van der Waals surface area contributed by atoms with Crippen molar-refractivity contribution in [2.45, 2.75) is 12.5 Å². The van der Waals surface area contributed by atoms with Gasteiger partial charge in [-0.25, -0.2) is 4.98 Å². The minimum atomic E-state index is -0.341. The zero-order valence-electron chi connectivity index (χ0n) is 9.22. The summed E-state index contributed by atoms with van der Waals surface area (Å²) in [6.45, 7) is 3.99. The molecule has 4 nitrogen and oxygen atoms in total. The highest BCUT2D eigenvalue weighted by Gasteiger charge is 2.31. The second-order valence-electron chi connectivity index (χ2n) is 4.24. The largest absolute Gasteiger partial charge is 0.376 e. The Bertz CT molecular complexity index is 500. The minimum Gasteiger partial charge on any atom is -0.376 e. The first-order valence-corrected chi connectivity index (χ1v) is 5.43. The average Bonchev–Trinajstić information content (AvgIpc) is 2.77. The molecule has 0 aromatic carbocycles. The summed E-state index contributed by atoms with van der Waals surface area (Å²) in [5.41, 5.74) is 1.71. The van der Waals surface area contributed by atoms with Crippen molar-refractivity contribution < 1.29 is 9.47 Å². The Labute approximate surface area is 93.8 Å². The Morgan fingerprint density at radius 2 is 2.31 bits per heavy atom. The van der Waals surface area contributed by atoms with Gasteiger partial charge < -0.3 is 13.9 Å². The third-order valence-electron chi connectivity index (χ3n) is 3.03. The molecule has 0 bridgehead atoms. The molecule has 16 heavy (non-hydrogen) atoms. The van der Waals surface area contributed by atoms with E-state index in [9.17, 15) is 0 Å². The van der Waals surface area contributed by atoms with Crippen LogP contribution in [0.15, 0.2) is 30.7 Å². The monoisotopic (exact) mass is 218 g/mol. The van der Waals surface area contributed by atoms with Crippen molar-refractivity contribution >= 4 is 5.65 Å². The molecule has 4 heteroatoms. The number of imidazole rings is 1. The molecule has 1 fully saturated rings. The summed E-state index contributed by atoms with van der Waals surface area (Å²) < 4.78 is 13.3. The third-order valence-corrected chi connectivity index (χ3v) is 3.03. The Hall–Kier alpha value is -1.39. The minimum absolute atomic E-state index is 0.341. The summed E-state index contributed by atoms with van der Waals surface area (Å²) in [4.78, 5) is 4.27. The highest BCUT2D eigenvalue weighted by atomic mass is 16.6. The molecule has 0 amide bonds. The van der Waals surface area contributed by atoms with Gasteiger partial charge in [-0.3, -0.25) is 0 Å². The zero-order valence-corrected chi connectivity index (χ0v) is 9.22. The van der Waals surface area contributed by atoms with Gasteiger partial charge in [0.2, 0.25) is 0 Å². The topological polar surface area (TPSA) is 35.8 Å². The summed E-state index contributed by atoms with van der Waals surface area (Å²) in [5, 5.41) is 0. The SMILES string of the molecule is CC1(c2ccn3ccnc3c2)COCCO1. The van der Waals surface area contributed by atoms with Gasteiger partial charge in [0.1, 0.15) is 11.2 Å². The van der Waals surface area contributed by atoms with Crippen molar-refractivity contribution in [3.05, 3.63) is 36.3 Å². The fourth-order valence-corrected chi connectivity index (χ4v) is 2.04. The first-order valence-electron chi connectivity index (χ1n) is 5.43. The standard InChI is InChI=1S/C12H14N2O2/c1-12(9-15-6-7-16-12)10-2-4-14-5-3-13-11(14)8-10/h2-5,8H,6-7,9H2,1H3. The Balaban J connectivity index is 2.03. The van der Waals surface area contributed by atoms with Gasteiger partial charge in [-0.1, -0.05) is 0 Å². The van der Waals surface area contributed by atoms with Gasteiger partial charge in [0.15, 0.2) is 0 Å². The molecule has 0 aliphatic carbocycles. The van der Waals surface area contributed by atoms with Crippen LogP contribution in [0.1, 0.15) is 12.5 Å². The first-order chi connectivity index (χ1) is 7.78. The van der Waals surface area contributed by atoms with E-state index in [1.54, 1.807) is 6.20 Å². The molecular formula is C12H14N2O2. The summed E-state index contributed by atoms with van der Waals surface area (Å²) in [5.74, 6) is 0. The van der Waals surface area contributed by atoms with Crippen LogP contribution in [0.2, 0.25) is 0 Å². The zero-order chi connectivity index (χ0) is 11.0. The fraction of sp³-hybridized carbons (Fsp3) is 0.417. The van der Waals surface area contributed by atoms with Crippen LogP contribution in [0.4, 0.5) is 0 Å². The highest BCUT2D eigenvalue weighted by Crippen LogP contribution is 2.28. The molecule has 1 aliphatic heterocycles. The molecule has 0 saturated carbocycles. The quantitative estimate of drug-likeness (QED) is 0.729. The second kappa shape index (κ2) is 3.57. The molecule has 1 atom stereocenters. The molecule has 0 radical (unpaired) electrons. The lowest BCUT2D eigenvalue weighted by Gasteiger charge is -2.34. The number of hydrogen-bond acceptors (Lipinski definition) is 3. The van der Waals surface area contributed by atoms with Crippen LogP contribution in [-0.2, 0) is 15.1 Å². The van der Waals surface area contributed by atoms with Crippen molar-refractivity contribution in [3.8, 4) is 0 Å². The summed E-state index contributed by atoms with van der Waals surface area (Å²) in [6, 6.07) is 4.11. The van der Waals surface area contributed by atoms with Gasteiger partial charge in [0.25, 0.3) is 0 Å². The molecule has 0 spiro atoms. The van der Waals surface area contributed by atoms with Crippen LogP contribution < -0.4 is 0 Å². The molecular weight excluding hydrogens is 204 g/mol. The van der Waals surface area contributed by atoms with Gasteiger partial charge in [0, 0.05) is 18.6 Å². The predicted octanol–water partition coefficient (Wildman–Crippen LogP) is 1.60. The maximum atomic E-state index is 5.81. The molecule has 84 valence electrons. The van der Waals surface area contributed by atoms with Gasteiger partial charge in [-0.15, -0.1) is 0 Å². The van der Waals surface area contributed by atoms with E-state index in [-0.39, 0.29) is 5.60 Å². The predicted molar refractivity (Wildman–Crippen MR) is 59.3 cm³/mol. The lowest BCUT2D eigenvalue weighted by Crippen LogP contribution is -2.37. The highest BCUT2D eigenvalue weighted by molar-refractivity contribution is 5.43. The second-order valence-corrected chi connectivity index (χ2v) is 4.24. The van der Waals surface area contributed by atoms with E-state index in [4.69, 9.17) is 9.47 Å². The molecule has 1 aliphatic rings. The van der Waals surface area contributed by atoms with Crippen LogP contribution in [0.3, 0.4) is 0 Å². The molecule has 1 saturated heterocycles. The summed E-state index contributed by atoms with van der Waals surface area (Å²) in [7, 11) is 0. The van der Waals surface area contributed by atoms with Gasteiger partial charge in [0.05, 0.1) is 19.8 Å². The third kappa shape index (κ3) is 1.50. The molecule has 1 unspecified atom stereocenters. The van der Waals surface area contributed by atoms with Crippen molar-refractivity contribution in [1.82, 2.24) is 9.38 Å². The molecule has 3 heterocycles. The lowest BCUT2D eigenvalue weighted by atomic mass is 9.97. The average molecular weight is 218 g/mol. The van der Waals surface area contributed by atoms with E-state index in [0.717, 1.165) is 11.2 Å². The maximum absolute atomic E-state index is 5.81. The molecule has 2 aromatic heterocycles. The van der Waals surface area contributed by atoms with E-state index in [2.05, 4.69) is 24.0 Å².